The van der Waals surface area contributed by atoms with E-state index in [4.69, 9.17) is 0 Å². The van der Waals surface area contributed by atoms with Crippen molar-refractivity contribution in [3.8, 4) is 0 Å². The maximum atomic E-state index is 13.7. The number of pyridine rings is 1. The number of hydrogen-bond acceptors (Lipinski definition) is 7. The van der Waals surface area contributed by atoms with Gasteiger partial charge in [-0.2, -0.15) is 4.73 Å². The minimum atomic E-state index is -0.901. The zero-order valence-electron chi connectivity index (χ0n) is 31.4. The van der Waals surface area contributed by atoms with Crippen LogP contribution in [0.1, 0.15) is 112 Å². The normalized spacial score (nSPS) is 15.1. The van der Waals surface area contributed by atoms with Crippen LogP contribution in [0, 0.1) is 28.9 Å². The monoisotopic (exact) mass is 689 g/mol. The zero-order chi connectivity index (χ0) is 37.3. The van der Waals surface area contributed by atoms with Crippen LogP contribution < -0.4 is 36.6 Å². The Kier molecular flexibility index (Phi) is 19.5. The molecule has 0 saturated heterocycles. The predicted octanol–water partition coefficient (Wildman–Crippen LogP) is 2.56. The number of aromatic nitrogens is 1. The van der Waals surface area contributed by atoms with Gasteiger partial charge in [0.05, 0.1) is 11.6 Å². The fourth-order valence-corrected chi connectivity index (χ4v) is 5.49. The second-order valence-corrected chi connectivity index (χ2v) is 14.2. The van der Waals surface area contributed by atoms with Crippen molar-refractivity contribution in [3.05, 3.63) is 35.3 Å². The lowest BCUT2D eigenvalue weighted by atomic mass is 9.97. The van der Waals surface area contributed by atoms with Crippen molar-refractivity contribution in [1.82, 2.24) is 31.9 Å². The molecule has 1 heterocycles. The molecule has 5 amide bonds. The molecular formula is C36H63N7O6. The second kappa shape index (κ2) is 22.1. The molecule has 0 aliphatic rings. The molecule has 1 rings (SSSR count). The molecule has 278 valence electrons. The average Bonchev–Trinajstić information content (AvgIpc) is 3.03. The molecule has 49 heavy (non-hydrogen) atoms. The van der Waals surface area contributed by atoms with Crippen LogP contribution in [0.15, 0.2) is 24.5 Å². The molecule has 13 nitrogen and oxygen atoms in total. The molecule has 0 radical (unpaired) electrons. The maximum absolute atomic E-state index is 13.7. The number of likely N-dealkylation sites (N-methyl/N-ethyl adjacent to an activating group) is 1. The van der Waals surface area contributed by atoms with Crippen molar-refractivity contribution in [3.63, 3.8) is 0 Å². The van der Waals surface area contributed by atoms with Crippen LogP contribution in [0.3, 0.4) is 0 Å². The summed E-state index contributed by atoms with van der Waals surface area (Å²) in [6.07, 6.45) is 5.20. The highest BCUT2D eigenvalue weighted by Gasteiger charge is 2.32. The van der Waals surface area contributed by atoms with Crippen molar-refractivity contribution in [2.75, 3.05) is 13.1 Å². The molecule has 0 aliphatic heterocycles. The van der Waals surface area contributed by atoms with E-state index >= 15 is 0 Å². The highest BCUT2D eigenvalue weighted by Crippen LogP contribution is 2.13. The molecule has 0 saturated carbocycles. The SMILES string of the molecule is CCC[C@H](NC(=O)[C@@H](NC(=O)c1cc[n+]([O-])cc1)[C@@H](C)CC)C(=O)N[C@H](CN[C@@H](CC(C)C)C(=O)N[C@H](C(=O)NCC)C(C)C)CC(C)C. The largest absolute Gasteiger partial charge is 0.619 e. The molecule has 0 fully saturated rings. The molecule has 0 aromatic carbocycles. The number of carbonyl (C=O) groups is 5. The Balaban J connectivity index is 3.11. The molecule has 0 bridgehead atoms. The van der Waals surface area contributed by atoms with Gasteiger partial charge in [0, 0.05) is 31.3 Å². The van der Waals surface area contributed by atoms with Crippen molar-refractivity contribution in [2.24, 2.45) is 23.7 Å². The maximum Gasteiger partial charge on any atom is 0.252 e. The molecule has 13 heteroatoms. The Morgan fingerprint density at radius 1 is 0.714 bits per heavy atom. The van der Waals surface area contributed by atoms with E-state index in [1.807, 2.05) is 69.2 Å². The molecule has 0 spiro atoms. The standard InChI is InChI=1S/C36H63N7O6/c1-11-14-28(40-36(48)31(25(10)12-2)42-32(44)26-15-17-43(49)18-16-26)33(45)39-27(19-22(4)5)21-38-29(20-23(6)7)34(46)41-30(24(8)9)35(47)37-13-3/h15-18,22-25,27-31,38H,11-14,19-21H2,1-10H3,(H,37,47)(H,39,45)(H,40,48)(H,41,46)(H,42,44)/t25-,27-,28-,29-,30-,31-/m0/s1. The van der Waals surface area contributed by atoms with Gasteiger partial charge >= 0.3 is 0 Å². The first-order chi connectivity index (χ1) is 23.0. The Hall–Kier alpha value is -3.74. The van der Waals surface area contributed by atoms with E-state index < -0.39 is 36.0 Å². The highest BCUT2D eigenvalue weighted by atomic mass is 16.5. The third-order valence-electron chi connectivity index (χ3n) is 8.39. The second-order valence-electron chi connectivity index (χ2n) is 14.2. The summed E-state index contributed by atoms with van der Waals surface area (Å²) < 4.78 is 0.571. The van der Waals surface area contributed by atoms with Gasteiger partial charge in [-0.25, -0.2) is 0 Å². The summed E-state index contributed by atoms with van der Waals surface area (Å²) in [5.41, 5.74) is 0.244. The van der Waals surface area contributed by atoms with Crippen LogP contribution in [0.5, 0.6) is 0 Å². The molecule has 6 N–H and O–H groups in total. The topological polar surface area (TPSA) is 184 Å². The van der Waals surface area contributed by atoms with Gasteiger partial charge in [-0.1, -0.05) is 75.2 Å². The van der Waals surface area contributed by atoms with Gasteiger partial charge in [-0.3, -0.25) is 24.0 Å². The quantitative estimate of drug-likeness (QED) is 0.0798. The summed E-state index contributed by atoms with van der Waals surface area (Å²) in [6, 6.07) is -0.585. The first-order valence-corrected chi connectivity index (χ1v) is 18.0. The van der Waals surface area contributed by atoms with Gasteiger partial charge in [-0.05, 0) is 49.9 Å². The summed E-state index contributed by atoms with van der Waals surface area (Å²) in [5, 5.41) is 29.2. The van der Waals surface area contributed by atoms with Crippen molar-refractivity contribution < 1.29 is 28.7 Å². The first-order valence-electron chi connectivity index (χ1n) is 18.0. The lowest BCUT2D eigenvalue weighted by molar-refractivity contribution is -0.605. The van der Waals surface area contributed by atoms with Crippen LogP contribution in [0.4, 0.5) is 0 Å². The van der Waals surface area contributed by atoms with Crippen molar-refractivity contribution in [1.29, 1.82) is 0 Å². The average molecular weight is 690 g/mol. The van der Waals surface area contributed by atoms with Crippen LogP contribution in [-0.4, -0.2) is 72.8 Å². The molecule has 1 aromatic rings. The van der Waals surface area contributed by atoms with Gasteiger partial charge in [-0.15, -0.1) is 0 Å². The van der Waals surface area contributed by atoms with Crippen LogP contribution >= 0.6 is 0 Å². The van der Waals surface area contributed by atoms with Gasteiger partial charge in [0.15, 0.2) is 12.4 Å². The van der Waals surface area contributed by atoms with E-state index in [0.717, 1.165) is 0 Å². The summed E-state index contributed by atoms with van der Waals surface area (Å²) in [4.78, 5) is 66.4. The number of rotatable bonds is 22. The summed E-state index contributed by atoms with van der Waals surface area (Å²) >= 11 is 0. The van der Waals surface area contributed by atoms with Gasteiger partial charge in [0.2, 0.25) is 23.6 Å². The van der Waals surface area contributed by atoms with E-state index in [9.17, 15) is 29.2 Å². The number of nitrogens with zero attached hydrogens (tertiary/aromatic N) is 1. The minimum absolute atomic E-state index is 0.105. The number of hydrogen-bond donors (Lipinski definition) is 6. The smallest absolute Gasteiger partial charge is 0.252 e. The third kappa shape index (κ3) is 15.6. The van der Waals surface area contributed by atoms with Crippen LogP contribution in [0.25, 0.3) is 0 Å². The lowest BCUT2D eigenvalue weighted by Gasteiger charge is -2.30. The molecule has 0 aliphatic carbocycles. The third-order valence-corrected chi connectivity index (χ3v) is 8.39. The predicted molar refractivity (Wildman–Crippen MR) is 191 cm³/mol. The fourth-order valence-electron chi connectivity index (χ4n) is 5.49. The highest BCUT2D eigenvalue weighted by molar-refractivity contribution is 5.98. The molecular weight excluding hydrogens is 626 g/mol. The lowest BCUT2D eigenvalue weighted by Crippen LogP contribution is -2.58. The molecule has 6 atom stereocenters. The Bertz CT molecular complexity index is 1190. The van der Waals surface area contributed by atoms with E-state index in [2.05, 4.69) is 31.9 Å². The van der Waals surface area contributed by atoms with E-state index in [1.165, 1.54) is 24.5 Å². The number of amides is 5. The van der Waals surface area contributed by atoms with E-state index in [-0.39, 0.29) is 53.0 Å². The zero-order valence-corrected chi connectivity index (χ0v) is 31.4. The number of nitrogens with one attached hydrogen (secondary N) is 6. The molecule has 0 unspecified atom stereocenters. The van der Waals surface area contributed by atoms with Gasteiger partial charge in [0.1, 0.15) is 18.1 Å². The van der Waals surface area contributed by atoms with E-state index in [0.29, 0.717) is 49.9 Å². The first kappa shape index (κ1) is 43.3. The van der Waals surface area contributed by atoms with E-state index in [1.54, 1.807) is 0 Å². The summed E-state index contributed by atoms with van der Waals surface area (Å²) in [7, 11) is 0. The summed E-state index contributed by atoms with van der Waals surface area (Å²) in [5.74, 6) is -1.72. The Labute approximate surface area is 293 Å². The summed E-state index contributed by atoms with van der Waals surface area (Å²) in [6.45, 7) is 20.2. The fraction of sp³-hybridized carbons (Fsp3) is 0.722. The van der Waals surface area contributed by atoms with Crippen LogP contribution in [0.2, 0.25) is 0 Å². The molecule has 1 aromatic heterocycles. The van der Waals surface area contributed by atoms with Crippen molar-refractivity contribution in [2.45, 2.75) is 132 Å². The minimum Gasteiger partial charge on any atom is -0.619 e. The number of carbonyl (C=O) groups excluding carboxylic acids is 5. The van der Waals surface area contributed by atoms with Gasteiger partial charge in [0.25, 0.3) is 5.91 Å². The Morgan fingerprint density at radius 2 is 1.31 bits per heavy atom. The van der Waals surface area contributed by atoms with Gasteiger partial charge < -0.3 is 37.1 Å². The van der Waals surface area contributed by atoms with Crippen molar-refractivity contribution >= 4 is 29.5 Å². The Morgan fingerprint density at radius 3 is 1.82 bits per heavy atom. The van der Waals surface area contributed by atoms with Crippen LogP contribution in [-0.2, 0) is 19.2 Å².